The van der Waals surface area contributed by atoms with Gasteiger partial charge in [-0.1, -0.05) is 29.8 Å². The molecule has 1 aromatic rings. The fraction of sp³-hybridized carbons (Fsp3) is 0.500. The summed E-state index contributed by atoms with van der Waals surface area (Å²) in [5.74, 6) is 0.00317. The molecule has 0 aliphatic heterocycles. The molecule has 0 unspecified atom stereocenters. The maximum absolute atomic E-state index is 12.1. The molecule has 7 heteroatoms. The van der Waals surface area contributed by atoms with Gasteiger partial charge in [0.05, 0.1) is 17.1 Å². The van der Waals surface area contributed by atoms with Gasteiger partial charge in [-0.05, 0) is 43.4 Å². The first-order chi connectivity index (χ1) is 9.62. The van der Waals surface area contributed by atoms with E-state index in [4.69, 9.17) is 15.4 Å². The van der Waals surface area contributed by atoms with Gasteiger partial charge < -0.3 is 4.74 Å². The van der Waals surface area contributed by atoms with Crippen LogP contribution in [0.3, 0.4) is 0 Å². The number of carbonyl (C=O) groups excluding carboxylic acids is 1. The molecule has 0 radical (unpaired) electrons. The van der Waals surface area contributed by atoms with Crippen molar-refractivity contribution in [2.75, 3.05) is 6.61 Å². The number of hydrogen-bond donors (Lipinski definition) is 0. The Morgan fingerprint density at radius 2 is 2.00 bits per heavy atom. The van der Waals surface area contributed by atoms with Crippen molar-refractivity contribution < 1.29 is 17.9 Å². The molecule has 0 amide bonds. The van der Waals surface area contributed by atoms with Gasteiger partial charge in [0.25, 0.3) is 9.05 Å². The molecule has 0 aromatic heterocycles. The Hall–Kier alpha value is -0.590. The predicted molar refractivity (Wildman–Crippen MR) is 86.3 cm³/mol. The first kappa shape index (κ1) is 18.5. The summed E-state index contributed by atoms with van der Waals surface area (Å²) in [6.07, 6.45) is 1.74. The molecule has 0 bridgehead atoms. The van der Waals surface area contributed by atoms with Gasteiger partial charge in [0.15, 0.2) is 0 Å². The van der Waals surface area contributed by atoms with Crippen LogP contribution in [0.4, 0.5) is 0 Å². The van der Waals surface area contributed by atoms with Crippen LogP contribution in [0.15, 0.2) is 21.5 Å². The van der Waals surface area contributed by atoms with Crippen LogP contribution in [0, 0.1) is 12.8 Å². The van der Waals surface area contributed by atoms with Crippen molar-refractivity contribution in [3.8, 4) is 0 Å². The van der Waals surface area contributed by atoms with E-state index in [1.165, 1.54) is 12.1 Å². The molecule has 0 fully saturated rings. The molecule has 4 nitrogen and oxygen atoms in total. The molecule has 1 rings (SSSR count). The van der Waals surface area contributed by atoms with E-state index in [2.05, 4.69) is 29.8 Å². The fourth-order valence-corrected chi connectivity index (χ4v) is 3.14. The van der Waals surface area contributed by atoms with E-state index >= 15 is 0 Å². The number of benzene rings is 1. The zero-order chi connectivity index (χ0) is 16.2. The third kappa shape index (κ3) is 5.60. The Morgan fingerprint density at radius 3 is 2.52 bits per heavy atom. The van der Waals surface area contributed by atoms with Crippen LogP contribution in [-0.4, -0.2) is 21.0 Å². The van der Waals surface area contributed by atoms with E-state index in [1.54, 1.807) is 6.92 Å². The van der Waals surface area contributed by atoms with Crippen molar-refractivity contribution in [2.24, 2.45) is 5.92 Å². The monoisotopic (exact) mass is 396 g/mol. The molecule has 1 aromatic carbocycles. The topological polar surface area (TPSA) is 60.4 Å². The SMILES string of the molecule is Cc1c(Br)cc(S(=O)(=O)Cl)cc1C(=O)OCCCC(C)C. The van der Waals surface area contributed by atoms with Crippen molar-refractivity contribution in [1.82, 2.24) is 0 Å². The number of hydrogen-bond acceptors (Lipinski definition) is 4. The van der Waals surface area contributed by atoms with Crippen LogP contribution in [0.25, 0.3) is 0 Å². The van der Waals surface area contributed by atoms with Crippen LogP contribution < -0.4 is 0 Å². The lowest BCUT2D eigenvalue weighted by Gasteiger charge is -2.10. The highest BCUT2D eigenvalue weighted by Gasteiger charge is 2.19. The van der Waals surface area contributed by atoms with Crippen LogP contribution >= 0.6 is 26.6 Å². The standard InChI is InChI=1S/C14H18BrClO4S/c1-9(2)5-4-6-20-14(17)12-7-11(21(16,18)19)8-13(15)10(12)3/h7-9H,4-6H2,1-3H3. The summed E-state index contributed by atoms with van der Waals surface area (Å²) in [5.41, 5.74) is 0.820. The maximum atomic E-state index is 12.1. The molecular formula is C14H18BrClO4S. The van der Waals surface area contributed by atoms with Gasteiger partial charge >= 0.3 is 5.97 Å². The minimum atomic E-state index is -3.90. The molecule has 118 valence electrons. The molecule has 0 spiro atoms. The molecule has 0 heterocycles. The quantitative estimate of drug-likeness (QED) is 0.408. The molecule has 0 saturated carbocycles. The Labute approximate surface area is 138 Å². The largest absolute Gasteiger partial charge is 0.462 e. The van der Waals surface area contributed by atoms with Crippen LogP contribution in [0.5, 0.6) is 0 Å². The van der Waals surface area contributed by atoms with Gasteiger partial charge in [0.1, 0.15) is 0 Å². The summed E-state index contributed by atoms with van der Waals surface area (Å²) in [4.78, 5) is 11.9. The van der Waals surface area contributed by atoms with Gasteiger partial charge in [0, 0.05) is 15.2 Å². The van der Waals surface area contributed by atoms with Crippen molar-refractivity contribution >= 4 is 41.6 Å². The van der Waals surface area contributed by atoms with Crippen LogP contribution in [-0.2, 0) is 13.8 Å². The highest BCUT2D eigenvalue weighted by molar-refractivity contribution is 9.10. The normalized spacial score (nSPS) is 11.7. The summed E-state index contributed by atoms with van der Waals surface area (Å²) in [6.45, 7) is 6.21. The first-order valence-electron chi connectivity index (χ1n) is 6.55. The lowest BCUT2D eigenvalue weighted by molar-refractivity contribution is 0.0493. The fourth-order valence-electron chi connectivity index (χ4n) is 1.74. The molecule has 21 heavy (non-hydrogen) atoms. The van der Waals surface area contributed by atoms with Gasteiger partial charge in [0.2, 0.25) is 0 Å². The zero-order valence-electron chi connectivity index (χ0n) is 12.2. The Bertz CT molecular complexity index is 626. The molecule has 0 aliphatic carbocycles. The van der Waals surface area contributed by atoms with Crippen LogP contribution in [0.1, 0.15) is 42.6 Å². The van der Waals surface area contributed by atoms with Gasteiger partial charge in [-0.3, -0.25) is 0 Å². The van der Waals surface area contributed by atoms with E-state index in [1.807, 2.05) is 0 Å². The second kappa shape index (κ2) is 7.61. The van der Waals surface area contributed by atoms with Gasteiger partial charge in [-0.2, -0.15) is 0 Å². The van der Waals surface area contributed by atoms with E-state index in [0.29, 0.717) is 22.6 Å². The second-order valence-electron chi connectivity index (χ2n) is 5.19. The van der Waals surface area contributed by atoms with Crippen LogP contribution in [0.2, 0.25) is 0 Å². The number of carbonyl (C=O) groups is 1. The number of ether oxygens (including phenoxy) is 1. The Balaban J connectivity index is 2.91. The minimum absolute atomic E-state index is 0.129. The molecular weight excluding hydrogens is 380 g/mol. The van der Waals surface area contributed by atoms with Crippen molar-refractivity contribution in [3.63, 3.8) is 0 Å². The molecule has 0 atom stereocenters. The second-order valence-corrected chi connectivity index (χ2v) is 8.61. The van der Waals surface area contributed by atoms with Crippen molar-refractivity contribution in [3.05, 3.63) is 27.7 Å². The van der Waals surface area contributed by atoms with Crippen molar-refractivity contribution in [1.29, 1.82) is 0 Å². The molecule has 0 saturated heterocycles. The maximum Gasteiger partial charge on any atom is 0.338 e. The van der Waals surface area contributed by atoms with E-state index in [0.717, 1.165) is 12.8 Å². The van der Waals surface area contributed by atoms with Crippen molar-refractivity contribution in [2.45, 2.75) is 38.5 Å². The average Bonchev–Trinajstić information content (AvgIpc) is 2.35. The predicted octanol–water partition coefficient (Wildman–Crippen LogP) is 4.28. The minimum Gasteiger partial charge on any atom is -0.462 e. The highest BCUT2D eigenvalue weighted by atomic mass is 79.9. The summed E-state index contributed by atoms with van der Waals surface area (Å²) in [6, 6.07) is 2.61. The van der Waals surface area contributed by atoms with E-state index in [9.17, 15) is 13.2 Å². The number of rotatable bonds is 6. The molecule has 0 N–H and O–H groups in total. The van der Waals surface area contributed by atoms with Gasteiger partial charge in [-0.25, -0.2) is 13.2 Å². The lowest BCUT2D eigenvalue weighted by atomic mass is 10.1. The lowest BCUT2D eigenvalue weighted by Crippen LogP contribution is -2.10. The molecule has 0 aliphatic rings. The van der Waals surface area contributed by atoms with E-state index in [-0.39, 0.29) is 10.5 Å². The smallest absolute Gasteiger partial charge is 0.338 e. The highest BCUT2D eigenvalue weighted by Crippen LogP contribution is 2.27. The zero-order valence-corrected chi connectivity index (χ0v) is 15.3. The Morgan fingerprint density at radius 1 is 1.38 bits per heavy atom. The first-order valence-corrected chi connectivity index (χ1v) is 9.65. The summed E-state index contributed by atoms with van der Waals surface area (Å²) in [5, 5.41) is 0. The summed E-state index contributed by atoms with van der Waals surface area (Å²) < 4.78 is 28.5. The van der Waals surface area contributed by atoms with E-state index < -0.39 is 15.0 Å². The Kier molecular flexibility index (Phi) is 6.69. The third-order valence-corrected chi connectivity index (χ3v) is 5.14. The van der Waals surface area contributed by atoms with Gasteiger partial charge in [-0.15, -0.1) is 0 Å². The average molecular weight is 398 g/mol. The third-order valence-electron chi connectivity index (χ3n) is 2.98. The summed E-state index contributed by atoms with van der Waals surface area (Å²) in [7, 11) is 1.42. The number of esters is 1. The summed E-state index contributed by atoms with van der Waals surface area (Å²) >= 11 is 3.23. The number of halogens is 2.